The Balaban J connectivity index is 2.44. The van der Waals surface area contributed by atoms with E-state index in [4.69, 9.17) is 10.3 Å². The average Bonchev–Trinajstić information content (AvgIpc) is 2.55. The first kappa shape index (κ1) is 8.75. The quantitative estimate of drug-likeness (QED) is 0.719. The van der Waals surface area contributed by atoms with Crippen molar-refractivity contribution in [3.8, 4) is 0 Å². The molecule has 1 aliphatic carbocycles. The molecule has 2 N–H and O–H groups in total. The van der Waals surface area contributed by atoms with E-state index in [1.165, 1.54) is 5.56 Å². The lowest BCUT2D eigenvalue weighted by atomic mass is 9.99. The molecule has 0 spiro atoms. The van der Waals surface area contributed by atoms with E-state index in [0.29, 0.717) is 11.8 Å². The first-order chi connectivity index (χ1) is 6.11. The zero-order valence-electron chi connectivity index (χ0n) is 8.37. The largest absolute Gasteiger partial charge is 0.361 e. The molecule has 0 aromatic carbocycles. The van der Waals surface area contributed by atoms with Crippen molar-refractivity contribution in [1.29, 1.82) is 0 Å². The predicted molar refractivity (Wildman–Crippen MR) is 50.4 cm³/mol. The van der Waals surface area contributed by atoms with Gasteiger partial charge < -0.3 is 10.3 Å². The third kappa shape index (κ3) is 1.18. The molecule has 0 fully saturated rings. The summed E-state index contributed by atoms with van der Waals surface area (Å²) in [4.78, 5) is 0. The minimum Gasteiger partial charge on any atom is -0.361 e. The normalized spacial score (nSPS) is 26.8. The molecule has 1 aliphatic rings. The SMILES string of the molecule is CC(C)c1noc2c1C(N)C(C)C2. The minimum absolute atomic E-state index is 0.124. The summed E-state index contributed by atoms with van der Waals surface area (Å²) < 4.78 is 5.28. The lowest BCUT2D eigenvalue weighted by molar-refractivity contribution is 0.360. The lowest BCUT2D eigenvalue weighted by Crippen LogP contribution is -2.15. The molecule has 0 saturated heterocycles. The molecule has 2 rings (SSSR count). The number of hydrogen-bond donors (Lipinski definition) is 1. The maximum atomic E-state index is 6.07. The van der Waals surface area contributed by atoms with Crippen LogP contribution in [0.4, 0.5) is 0 Å². The summed E-state index contributed by atoms with van der Waals surface area (Å²) in [6.45, 7) is 6.39. The van der Waals surface area contributed by atoms with E-state index in [0.717, 1.165) is 17.9 Å². The highest BCUT2D eigenvalue weighted by Crippen LogP contribution is 2.38. The Hall–Kier alpha value is -0.830. The van der Waals surface area contributed by atoms with Gasteiger partial charge in [0.2, 0.25) is 0 Å². The van der Waals surface area contributed by atoms with Gasteiger partial charge in [-0.1, -0.05) is 25.9 Å². The zero-order chi connectivity index (χ0) is 9.59. The molecule has 2 atom stereocenters. The van der Waals surface area contributed by atoms with Gasteiger partial charge in [0.25, 0.3) is 0 Å². The Morgan fingerprint density at radius 2 is 2.23 bits per heavy atom. The Morgan fingerprint density at radius 1 is 1.54 bits per heavy atom. The smallest absolute Gasteiger partial charge is 0.142 e. The van der Waals surface area contributed by atoms with Crippen LogP contribution in [-0.2, 0) is 6.42 Å². The van der Waals surface area contributed by atoms with Gasteiger partial charge in [-0.3, -0.25) is 0 Å². The molecule has 0 aliphatic heterocycles. The van der Waals surface area contributed by atoms with E-state index in [1.54, 1.807) is 0 Å². The van der Waals surface area contributed by atoms with Gasteiger partial charge >= 0.3 is 0 Å². The number of fused-ring (bicyclic) bond motifs is 1. The van der Waals surface area contributed by atoms with Crippen LogP contribution < -0.4 is 5.73 Å². The van der Waals surface area contributed by atoms with Crippen LogP contribution in [0, 0.1) is 5.92 Å². The number of nitrogens with two attached hydrogens (primary N) is 1. The molecule has 0 radical (unpaired) electrons. The summed E-state index contributed by atoms with van der Waals surface area (Å²) in [5.41, 5.74) is 8.29. The highest BCUT2D eigenvalue weighted by Gasteiger charge is 2.34. The summed E-state index contributed by atoms with van der Waals surface area (Å²) >= 11 is 0. The van der Waals surface area contributed by atoms with Crippen LogP contribution in [0.2, 0.25) is 0 Å². The summed E-state index contributed by atoms with van der Waals surface area (Å²) in [5.74, 6) is 1.90. The van der Waals surface area contributed by atoms with E-state index in [9.17, 15) is 0 Å². The van der Waals surface area contributed by atoms with Gasteiger partial charge in [0.05, 0.1) is 5.69 Å². The van der Waals surface area contributed by atoms with Crippen molar-refractivity contribution >= 4 is 0 Å². The van der Waals surface area contributed by atoms with Crippen LogP contribution in [0.1, 0.15) is 49.7 Å². The Morgan fingerprint density at radius 3 is 2.85 bits per heavy atom. The molecule has 0 bridgehead atoms. The molecule has 1 aromatic rings. The fraction of sp³-hybridized carbons (Fsp3) is 0.700. The van der Waals surface area contributed by atoms with Crippen molar-refractivity contribution in [2.75, 3.05) is 0 Å². The van der Waals surface area contributed by atoms with Gasteiger partial charge in [0, 0.05) is 18.0 Å². The maximum Gasteiger partial charge on any atom is 0.142 e. The van der Waals surface area contributed by atoms with Gasteiger partial charge in [-0.25, -0.2) is 0 Å². The molecule has 2 unspecified atom stereocenters. The van der Waals surface area contributed by atoms with Gasteiger partial charge in [-0.2, -0.15) is 0 Å². The monoisotopic (exact) mass is 180 g/mol. The third-order valence-corrected chi connectivity index (χ3v) is 2.83. The van der Waals surface area contributed by atoms with Crippen molar-refractivity contribution in [2.45, 2.75) is 39.2 Å². The molecule has 3 nitrogen and oxygen atoms in total. The van der Waals surface area contributed by atoms with Crippen molar-refractivity contribution in [3.05, 3.63) is 17.0 Å². The van der Waals surface area contributed by atoms with E-state index in [1.807, 2.05) is 0 Å². The Bertz CT molecular complexity index is 317. The van der Waals surface area contributed by atoms with Crippen LogP contribution in [0.5, 0.6) is 0 Å². The first-order valence-electron chi connectivity index (χ1n) is 4.85. The molecule has 3 heteroatoms. The summed E-state index contributed by atoms with van der Waals surface area (Å²) in [7, 11) is 0. The Labute approximate surface area is 78.3 Å². The van der Waals surface area contributed by atoms with Crippen LogP contribution >= 0.6 is 0 Å². The number of nitrogens with zero attached hydrogens (tertiary/aromatic N) is 1. The highest BCUT2D eigenvalue weighted by atomic mass is 16.5. The summed E-state index contributed by atoms with van der Waals surface area (Å²) in [6, 6.07) is 0.124. The summed E-state index contributed by atoms with van der Waals surface area (Å²) in [5, 5.41) is 4.07. The van der Waals surface area contributed by atoms with Gasteiger partial charge in [0.1, 0.15) is 5.76 Å². The summed E-state index contributed by atoms with van der Waals surface area (Å²) in [6.07, 6.45) is 0.941. The molecule has 0 saturated carbocycles. The molecule has 0 amide bonds. The number of rotatable bonds is 1. The van der Waals surface area contributed by atoms with Crippen LogP contribution in [0.15, 0.2) is 4.52 Å². The second kappa shape index (κ2) is 2.84. The average molecular weight is 180 g/mol. The second-order valence-corrected chi connectivity index (χ2v) is 4.27. The van der Waals surface area contributed by atoms with Crippen molar-refractivity contribution in [2.24, 2.45) is 11.7 Å². The minimum atomic E-state index is 0.124. The Kier molecular flexibility index (Phi) is 1.91. The highest BCUT2D eigenvalue weighted by molar-refractivity contribution is 5.33. The molecular formula is C10H16N2O. The molecular weight excluding hydrogens is 164 g/mol. The van der Waals surface area contributed by atoms with Crippen molar-refractivity contribution in [3.63, 3.8) is 0 Å². The molecule has 72 valence electrons. The fourth-order valence-corrected chi connectivity index (χ4v) is 1.97. The van der Waals surface area contributed by atoms with Crippen LogP contribution in [0.25, 0.3) is 0 Å². The van der Waals surface area contributed by atoms with Gasteiger partial charge in [-0.15, -0.1) is 0 Å². The van der Waals surface area contributed by atoms with Crippen LogP contribution in [-0.4, -0.2) is 5.16 Å². The van der Waals surface area contributed by atoms with E-state index >= 15 is 0 Å². The van der Waals surface area contributed by atoms with Crippen LogP contribution in [0.3, 0.4) is 0 Å². The van der Waals surface area contributed by atoms with E-state index in [-0.39, 0.29) is 6.04 Å². The van der Waals surface area contributed by atoms with Gasteiger partial charge in [-0.05, 0) is 11.8 Å². The van der Waals surface area contributed by atoms with E-state index in [2.05, 4.69) is 25.9 Å². The van der Waals surface area contributed by atoms with Gasteiger partial charge in [0.15, 0.2) is 0 Å². The topological polar surface area (TPSA) is 52.0 Å². The first-order valence-corrected chi connectivity index (χ1v) is 4.85. The number of hydrogen-bond acceptors (Lipinski definition) is 3. The number of aromatic nitrogens is 1. The lowest BCUT2D eigenvalue weighted by Gasteiger charge is -2.11. The predicted octanol–water partition coefficient (Wildman–Crippen LogP) is 1.99. The van der Waals surface area contributed by atoms with Crippen molar-refractivity contribution < 1.29 is 4.52 Å². The molecule has 1 aromatic heterocycles. The maximum absolute atomic E-state index is 6.07. The van der Waals surface area contributed by atoms with E-state index < -0.39 is 0 Å². The second-order valence-electron chi connectivity index (χ2n) is 4.27. The third-order valence-electron chi connectivity index (χ3n) is 2.83. The molecule has 13 heavy (non-hydrogen) atoms. The van der Waals surface area contributed by atoms with Crippen molar-refractivity contribution in [1.82, 2.24) is 5.16 Å². The fourth-order valence-electron chi connectivity index (χ4n) is 1.97. The molecule has 1 heterocycles. The standard InChI is InChI=1S/C10H16N2O/c1-5(2)10-8-7(13-12-10)4-6(3)9(8)11/h5-6,9H,4,11H2,1-3H3. The zero-order valence-corrected chi connectivity index (χ0v) is 8.37.